The Kier molecular flexibility index (Phi) is 11.0. The number of carbonyl (C=O) groups excluding carboxylic acids is 3. The van der Waals surface area contributed by atoms with Crippen molar-refractivity contribution in [2.75, 3.05) is 26.2 Å². The molecule has 0 aliphatic carbocycles. The van der Waals surface area contributed by atoms with Gasteiger partial charge in [0.15, 0.2) is 17.5 Å². The molecule has 1 aliphatic heterocycles. The molecule has 7 N–H and O–H groups in total. The number of aliphatic imine (C=N–C) groups is 1. The molecule has 48 heavy (non-hydrogen) atoms. The minimum absolute atomic E-state index is 0.0302. The summed E-state index contributed by atoms with van der Waals surface area (Å²) >= 11 is 0. The van der Waals surface area contributed by atoms with Gasteiger partial charge in [-0.05, 0) is 66.4 Å². The number of ether oxygens (including phenoxy) is 2. The van der Waals surface area contributed by atoms with Crippen LogP contribution in [0.25, 0.3) is 0 Å². The molecule has 0 unspecified atom stereocenters. The summed E-state index contributed by atoms with van der Waals surface area (Å²) in [5.74, 6) is -5.79. The maximum Gasteiger partial charge on any atom is 0.343 e. The monoisotopic (exact) mass is 659 g/mol. The smallest absolute Gasteiger partial charge is 0.343 e. The quantitative estimate of drug-likeness (QED) is 0.0656. The van der Waals surface area contributed by atoms with Gasteiger partial charge in [-0.15, -0.1) is 0 Å². The summed E-state index contributed by atoms with van der Waals surface area (Å²) in [6.07, 6.45) is 0.763. The zero-order valence-corrected chi connectivity index (χ0v) is 25.6. The van der Waals surface area contributed by atoms with E-state index in [0.29, 0.717) is 29.7 Å². The van der Waals surface area contributed by atoms with Crippen molar-refractivity contribution in [2.45, 2.75) is 19.4 Å². The van der Waals surface area contributed by atoms with E-state index in [1.165, 1.54) is 42.5 Å². The zero-order chi connectivity index (χ0) is 35.0. The average molecular weight is 660 g/mol. The summed E-state index contributed by atoms with van der Waals surface area (Å²) in [5.41, 5.74) is 12.5. The number of carbonyl (C=O) groups is 5. The molecule has 0 bridgehead atoms. The summed E-state index contributed by atoms with van der Waals surface area (Å²) in [7, 11) is 0. The maximum atomic E-state index is 13.9. The number of hydrogen-bond acceptors (Lipinski definition) is 9. The van der Waals surface area contributed by atoms with Crippen molar-refractivity contribution in [1.82, 2.24) is 9.80 Å². The molecule has 1 aliphatic rings. The number of hydrogen-bond donors (Lipinski definition) is 5. The van der Waals surface area contributed by atoms with Gasteiger partial charge in [0.2, 0.25) is 5.91 Å². The lowest BCUT2D eigenvalue weighted by atomic mass is 10.0. The number of guanidine groups is 1. The Bertz CT molecular complexity index is 1800. The zero-order valence-electron chi connectivity index (χ0n) is 25.6. The van der Waals surface area contributed by atoms with Crippen molar-refractivity contribution in [3.8, 4) is 11.5 Å². The summed E-state index contributed by atoms with van der Waals surface area (Å²) in [4.78, 5) is 69.7. The van der Waals surface area contributed by atoms with Crippen LogP contribution in [0.15, 0.2) is 78.0 Å². The van der Waals surface area contributed by atoms with Crippen molar-refractivity contribution in [2.24, 2.45) is 16.5 Å². The Morgan fingerprint density at radius 3 is 2.35 bits per heavy atom. The molecule has 0 aromatic heterocycles. The number of aryl methyl sites for hydroxylation is 1. The molecule has 0 saturated heterocycles. The van der Waals surface area contributed by atoms with Crippen molar-refractivity contribution in [1.29, 1.82) is 0 Å². The van der Waals surface area contributed by atoms with E-state index >= 15 is 0 Å². The highest BCUT2D eigenvalue weighted by Crippen LogP contribution is 2.34. The van der Waals surface area contributed by atoms with Gasteiger partial charge in [0.05, 0.1) is 35.5 Å². The predicted octanol–water partition coefficient (Wildman–Crippen LogP) is 2.46. The van der Waals surface area contributed by atoms with Crippen LogP contribution in [0.5, 0.6) is 11.5 Å². The highest BCUT2D eigenvalue weighted by Gasteiger charge is 2.29. The molecule has 15 nitrogen and oxygen atoms in total. The number of aromatic carboxylic acids is 1. The first-order valence-electron chi connectivity index (χ1n) is 14.5. The van der Waals surface area contributed by atoms with E-state index in [1.807, 2.05) is 0 Å². The van der Waals surface area contributed by atoms with Gasteiger partial charge in [-0.25, -0.2) is 14.6 Å². The second-order valence-electron chi connectivity index (χ2n) is 10.7. The number of esters is 1. The number of nitrogens with two attached hydrogens (primary N) is 2. The van der Waals surface area contributed by atoms with Crippen LogP contribution in [0.4, 0.5) is 5.69 Å². The highest BCUT2D eigenvalue weighted by molar-refractivity contribution is 6.01. The first kappa shape index (κ1) is 34.5. The van der Waals surface area contributed by atoms with Gasteiger partial charge in [0.25, 0.3) is 5.91 Å². The lowest BCUT2D eigenvalue weighted by Crippen LogP contribution is -2.45. The van der Waals surface area contributed by atoms with Crippen LogP contribution < -0.4 is 20.9 Å². The van der Waals surface area contributed by atoms with E-state index in [9.17, 15) is 39.3 Å². The third-order valence-electron chi connectivity index (χ3n) is 7.03. The molecule has 1 heterocycles. The van der Waals surface area contributed by atoms with Gasteiger partial charge in [-0.2, -0.15) is 0 Å². The SMILES string of the molecule is C=C(O)CN(Cc1cccc(C(=O)O)c1)C(=O)CN(CC(=O)O)C(=O)c1cccc2c1OCCCc1cc(N=C(N)N)ccc1C(=O)O2. The van der Waals surface area contributed by atoms with E-state index in [0.717, 1.165) is 9.80 Å². The Labute approximate surface area is 274 Å². The molecular formula is C33H33N5O10. The van der Waals surface area contributed by atoms with E-state index in [1.54, 1.807) is 18.2 Å². The maximum absolute atomic E-state index is 13.9. The molecule has 0 spiro atoms. The van der Waals surface area contributed by atoms with Crippen LogP contribution in [0.1, 0.15) is 48.6 Å². The fourth-order valence-electron chi connectivity index (χ4n) is 4.98. The molecule has 2 amide bonds. The van der Waals surface area contributed by atoms with E-state index in [2.05, 4.69) is 11.6 Å². The van der Waals surface area contributed by atoms with E-state index in [4.69, 9.17) is 20.9 Å². The number of fused-ring (bicyclic) bond motifs is 2. The number of carboxylic acid groups (broad SMARTS) is 2. The van der Waals surface area contributed by atoms with Crippen LogP contribution in [0, 0.1) is 0 Å². The predicted molar refractivity (Wildman–Crippen MR) is 171 cm³/mol. The van der Waals surface area contributed by atoms with Gasteiger partial charge in [0.1, 0.15) is 18.8 Å². The van der Waals surface area contributed by atoms with E-state index in [-0.39, 0.29) is 53.8 Å². The molecule has 0 saturated carbocycles. The number of aliphatic carboxylic acids is 1. The molecule has 15 heteroatoms. The topological polar surface area (TPSA) is 235 Å². The summed E-state index contributed by atoms with van der Waals surface area (Å²) in [5, 5.41) is 28.8. The summed E-state index contributed by atoms with van der Waals surface area (Å²) in [6.45, 7) is 1.30. The van der Waals surface area contributed by atoms with E-state index < -0.39 is 48.6 Å². The van der Waals surface area contributed by atoms with Gasteiger partial charge in [-0.1, -0.05) is 24.8 Å². The fraction of sp³-hybridized carbons (Fsp3) is 0.212. The van der Waals surface area contributed by atoms with Gasteiger partial charge in [0, 0.05) is 6.54 Å². The number of nitrogens with zero attached hydrogens (tertiary/aromatic N) is 3. The normalized spacial score (nSPS) is 12.2. The number of aliphatic hydroxyl groups excluding tert-OH is 1. The first-order valence-corrected chi connectivity index (χ1v) is 14.5. The van der Waals surface area contributed by atoms with Gasteiger partial charge < -0.3 is 46.1 Å². The van der Waals surface area contributed by atoms with Crippen molar-refractivity contribution < 1.29 is 48.8 Å². The number of rotatable bonds is 11. The molecule has 0 radical (unpaired) electrons. The van der Waals surface area contributed by atoms with Crippen LogP contribution in [0.2, 0.25) is 0 Å². The number of para-hydroxylation sites is 1. The van der Waals surface area contributed by atoms with Gasteiger partial charge >= 0.3 is 17.9 Å². The van der Waals surface area contributed by atoms with Crippen LogP contribution >= 0.6 is 0 Å². The molecule has 0 atom stereocenters. The Balaban J connectivity index is 1.63. The van der Waals surface area contributed by atoms with Gasteiger partial charge in [-0.3, -0.25) is 14.4 Å². The second kappa shape index (κ2) is 15.3. The molecule has 3 aromatic carbocycles. The molecule has 250 valence electrons. The minimum atomic E-state index is -1.42. The van der Waals surface area contributed by atoms with Crippen LogP contribution in [0.3, 0.4) is 0 Å². The number of amides is 2. The largest absolute Gasteiger partial charge is 0.511 e. The highest BCUT2D eigenvalue weighted by atomic mass is 16.6. The average Bonchev–Trinajstić information content (AvgIpc) is 3.01. The van der Waals surface area contributed by atoms with Crippen LogP contribution in [-0.2, 0) is 22.6 Å². The van der Waals surface area contributed by atoms with Crippen molar-refractivity contribution >= 4 is 41.4 Å². The Hall–Kier alpha value is -6.38. The second-order valence-corrected chi connectivity index (χ2v) is 10.7. The summed E-state index contributed by atoms with van der Waals surface area (Å²) < 4.78 is 11.6. The molecule has 0 fully saturated rings. The third kappa shape index (κ3) is 8.87. The lowest BCUT2D eigenvalue weighted by molar-refractivity contribution is -0.139. The molecule has 4 rings (SSSR count). The first-order chi connectivity index (χ1) is 22.8. The molecular weight excluding hydrogens is 626 g/mol. The fourth-order valence-corrected chi connectivity index (χ4v) is 4.98. The number of aliphatic hydroxyl groups is 1. The lowest BCUT2D eigenvalue weighted by Gasteiger charge is -2.27. The Morgan fingerprint density at radius 1 is 0.917 bits per heavy atom. The Morgan fingerprint density at radius 2 is 1.67 bits per heavy atom. The third-order valence-corrected chi connectivity index (χ3v) is 7.03. The van der Waals surface area contributed by atoms with Crippen molar-refractivity contribution in [3.63, 3.8) is 0 Å². The standard InChI is InChI=1S/C33H33N5O10/c1-19(39)15-37(16-20-5-2-6-22(13-20)31(44)45)27(40)17-38(18-28(41)42)30(43)25-8-3-9-26-29(25)47-12-4-7-21-14-23(36-33(34)35)10-11-24(21)32(46)48-26/h2-3,5-6,8-11,13-14,39H,1,4,7,12,15-18H2,(H,41,42)(H,44,45)(H4,34,35,36). The number of benzene rings is 3. The molecule has 3 aromatic rings. The number of carboxylic acids is 2. The minimum Gasteiger partial charge on any atom is -0.511 e. The van der Waals surface area contributed by atoms with Crippen LogP contribution in [-0.4, -0.2) is 87.0 Å². The van der Waals surface area contributed by atoms with Crippen molar-refractivity contribution in [3.05, 3.63) is 101 Å². The summed E-state index contributed by atoms with van der Waals surface area (Å²) in [6, 6.07) is 14.6.